The Bertz CT molecular complexity index is 690. The quantitative estimate of drug-likeness (QED) is 0.891. The first kappa shape index (κ1) is 17.8. The lowest BCUT2D eigenvalue weighted by Crippen LogP contribution is -2.48. The van der Waals surface area contributed by atoms with E-state index in [-0.39, 0.29) is 24.4 Å². The van der Waals surface area contributed by atoms with Crippen molar-refractivity contribution in [2.24, 2.45) is 0 Å². The van der Waals surface area contributed by atoms with Crippen LogP contribution in [-0.2, 0) is 0 Å². The smallest absolute Gasteiger partial charge is 0.254 e. The number of carbonyl (C=O) groups is 1. The summed E-state index contributed by atoms with van der Waals surface area (Å²) in [5, 5.41) is 4.07. The van der Waals surface area contributed by atoms with Crippen molar-refractivity contribution in [1.82, 2.24) is 10.2 Å². The zero-order valence-corrected chi connectivity index (χ0v) is 14.5. The number of nitrogens with one attached hydrogen (secondary N) is 1. The van der Waals surface area contributed by atoms with Gasteiger partial charge in [0.15, 0.2) is 0 Å². The molecule has 0 saturated carbocycles. The highest BCUT2D eigenvalue weighted by molar-refractivity contribution is 6.30. The molecule has 3 nitrogen and oxygen atoms in total. The molecule has 5 heteroatoms. The lowest BCUT2D eigenvalue weighted by atomic mass is 10.0. The molecule has 0 bridgehead atoms. The van der Waals surface area contributed by atoms with E-state index in [1.54, 1.807) is 0 Å². The highest BCUT2D eigenvalue weighted by atomic mass is 35.5. The Morgan fingerprint density at radius 1 is 1.22 bits per heavy atom. The van der Waals surface area contributed by atoms with E-state index in [4.69, 9.17) is 11.6 Å². The van der Waals surface area contributed by atoms with E-state index < -0.39 is 0 Å². The Labute approximate surface area is 148 Å². The number of hydrogen-bond acceptors (Lipinski definition) is 2. The molecule has 1 saturated heterocycles. The van der Waals surface area contributed by atoms with Crippen LogP contribution in [0.1, 0.15) is 27.5 Å². The van der Waals surface area contributed by atoms with Gasteiger partial charge in [-0.3, -0.25) is 4.79 Å². The average molecular weight is 351 g/mol. The molecular weight excluding hydrogens is 331 g/mol. The molecule has 1 unspecified atom stereocenters. The SMILES string of the molecule is Cc1ccccc1C(=O)N1CCNCC1c1cccc(Cl)c1.Cl. The van der Waals surface area contributed by atoms with Crippen LogP contribution in [0.3, 0.4) is 0 Å². The van der Waals surface area contributed by atoms with Crippen molar-refractivity contribution in [3.63, 3.8) is 0 Å². The first-order chi connectivity index (χ1) is 10.7. The molecule has 0 radical (unpaired) electrons. The molecular formula is C18H20Cl2N2O. The van der Waals surface area contributed by atoms with Crippen LogP contribution >= 0.6 is 24.0 Å². The van der Waals surface area contributed by atoms with Gasteiger partial charge in [0, 0.05) is 30.2 Å². The number of benzene rings is 2. The van der Waals surface area contributed by atoms with E-state index in [1.807, 2.05) is 60.4 Å². The molecule has 3 rings (SSSR count). The van der Waals surface area contributed by atoms with Crippen LogP contribution in [-0.4, -0.2) is 30.4 Å². The number of aryl methyl sites for hydroxylation is 1. The normalized spacial score (nSPS) is 17.5. The first-order valence-electron chi connectivity index (χ1n) is 7.49. The maximum absolute atomic E-state index is 13.0. The van der Waals surface area contributed by atoms with Gasteiger partial charge < -0.3 is 10.2 Å². The number of rotatable bonds is 2. The van der Waals surface area contributed by atoms with Gasteiger partial charge in [0.2, 0.25) is 0 Å². The van der Waals surface area contributed by atoms with Gasteiger partial charge in [-0.15, -0.1) is 12.4 Å². The van der Waals surface area contributed by atoms with Crippen molar-refractivity contribution >= 4 is 29.9 Å². The topological polar surface area (TPSA) is 32.3 Å². The molecule has 1 aliphatic rings. The number of hydrogen-bond donors (Lipinski definition) is 1. The van der Waals surface area contributed by atoms with E-state index >= 15 is 0 Å². The first-order valence-corrected chi connectivity index (χ1v) is 7.87. The Kier molecular flexibility index (Phi) is 6.05. The second-order valence-corrected chi connectivity index (χ2v) is 6.02. The van der Waals surface area contributed by atoms with Gasteiger partial charge in [-0.25, -0.2) is 0 Å². The number of nitrogens with zero attached hydrogens (tertiary/aromatic N) is 1. The molecule has 0 aliphatic carbocycles. The second-order valence-electron chi connectivity index (χ2n) is 5.59. The van der Waals surface area contributed by atoms with Gasteiger partial charge in [0.25, 0.3) is 5.91 Å². The highest BCUT2D eigenvalue weighted by Gasteiger charge is 2.29. The molecule has 1 atom stereocenters. The summed E-state index contributed by atoms with van der Waals surface area (Å²) >= 11 is 6.11. The van der Waals surface area contributed by atoms with E-state index in [0.717, 1.165) is 29.8 Å². The van der Waals surface area contributed by atoms with Crippen molar-refractivity contribution in [3.05, 3.63) is 70.2 Å². The fourth-order valence-electron chi connectivity index (χ4n) is 2.93. The van der Waals surface area contributed by atoms with Crippen LogP contribution in [0.5, 0.6) is 0 Å². The third kappa shape index (κ3) is 3.86. The average Bonchev–Trinajstić information content (AvgIpc) is 2.55. The third-order valence-corrected chi connectivity index (χ3v) is 4.35. The number of halogens is 2. The predicted molar refractivity (Wildman–Crippen MR) is 96.5 cm³/mol. The minimum absolute atomic E-state index is 0. The molecule has 2 aromatic rings. The van der Waals surface area contributed by atoms with Gasteiger partial charge in [0.1, 0.15) is 0 Å². The largest absolute Gasteiger partial charge is 0.329 e. The second kappa shape index (κ2) is 7.82. The molecule has 0 spiro atoms. The molecule has 122 valence electrons. The van der Waals surface area contributed by atoms with Gasteiger partial charge in [-0.05, 0) is 36.2 Å². The summed E-state index contributed by atoms with van der Waals surface area (Å²) in [6.07, 6.45) is 0. The number of carbonyl (C=O) groups excluding carboxylic acids is 1. The minimum Gasteiger partial charge on any atom is -0.329 e. The predicted octanol–water partition coefficient (Wildman–Crippen LogP) is 3.86. The fraction of sp³-hybridized carbons (Fsp3) is 0.278. The standard InChI is InChI=1S/C18H19ClN2O.ClH/c1-13-5-2-3-8-16(13)18(22)21-10-9-20-12-17(21)14-6-4-7-15(19)11-14;/h2-8,11,17,20H,9-10,12H2,1H3;1H. The van der Waals surface area contributed by atoms with Crippen molar-refractivity contribution in [1.29, 1.82) is 0 Å². The summed E-state index contributed by atoms with van der Waals surface area (Å²) in [6.45, 7) is 4.24. The highest BCUT2D eigenvalue weighted by Crippen LogP contribution is 2.26. The third-order valence-electron chi connectivity index (χ3n) is 4.11. The molecule has 1 aliphatic heterocycles. The number of piperazine rings is 1. The van der Waals surface area contributed by atoms with Crippen LogP contribution in [0, 0.1) is 6.92 Å². The van der Waals surface area contributed by atoms with Crippen molar-refractivity contribution in [3.8, 4) is 0 Å². The lowest BCUT2D eigenvalue weighted by Gasteiger charge is -2.37. The summed E-state index contributed by atoms with van der Waals surface area (Å²) in [5.74, 6) is 0.0876. The maximum atomic E-state index is 13.0. The Morgan fingerprint density at radius 3 is 2.74 bits per heavy atom. The van der Waals surface area contributed by atoms with Gasteiger partial charge in [-0.2, -0.15) is 0 Å². The molecule has 1 amide bonds. The summed E-state index contributed by atoms with van der Waals surface area (Å²) in [7, 11) is 0. The monoisotopic (exact) mass is 350 g/mol. The summed E-state index contributed by atoms with van der Waals surface area (Å²) in [4.78, 5) is 14.9. The summed E-state index contributed by atoms with van der Waals surface area (Å²) < 4.78 is 0. The van der Waals surface area contributed by atoms with Crippen LogP contribution < -0.4 is 5.32 Å². The van der Waals surface area contributed by atoms with E-state index in [0.29, 0.717) is 11.6 Å². The van der Waals surface area contributed by atoms with E-state index in [2.05, 4.69) is 5.32 Å². The molecule has 0 aromatic heterocycles. The zero-order valence-electron chi connectivity index (χ0n) is 13.0. The van der Waals surface area contributed by atoms with Crippen molar-refractivity contribution in [2.45, 2.75) is 13.0 Å². The van der Waals surface area contributed by atoms with Crippen molar-refractivity contribution in [2.75, 3.05) is 19.6 Å². The van der Waals surface area contributed by atoms with Crippen LogP contribution in [0.15, 0.2) is 48.5 Å². The molecule has 2 aromatic carbocycles. The minimum atomic E-state index is 0. The molecule has 1 heterocycles. The lowest BCUT2D eigenvalue weighted by molar-refractivity contribution is 0.0633. The molecule has 23 heavy (non-hydrogen) atoms. The zero-order chi connectivity index (χ0) is 15.5. The molecule has 1 fully saturated rings. The Hall–Kier alpha value is -1.55. The Balaban J connectivity index is 0.00000192. The fourth-order valence-corrected chi connectivity index (χ4v) is 3.13. The molecule has 1 N–H and O–H groups in total. The van der Waals surface area contributed by atoms with Crippen LogP contribution in [0.4, 0.5) is 0 Å². The van der Waals surface area contributed by atoms with Crippen molar-refractivity contribution < 1.29 is 4.79 Å². The van der Waals surface area contributed by atoms with E-state index in [1.165, 1.54) is 0 Å². The number of amides is 1. The summed E-state index contributed by atoms with van der Waals surface area (Å²) in [5.41, 5.74) is 2.86. The maximum Gasteiger partial charge on any atom is 0.254 e. The van der Waals surface area contributed by atoms with Gasteiger partial charge in [0.05, 0.1) is 6.04 Å². The van der Waals surface area contributed by atoms with Gasteiger partial charge >= 0.3 is 0 Å². The Morgan fingerprint density at radius 2 is 2.00 bits per heavy atom. The summed E-state index contributed by atoms with van der Waals surface area (Å²) in [6, 6.07) is 15.5. The van der Waals surface area contributed by atoms with Gasteiger partial charge in [-0.1, -0.05) is 41.9 Å². The van der Waals surface area contributed by atoms with Crippen LogP contribution in [0.25, 0.3) is 0 Å². The van der Waals surface area contributed by atoms with Crippen LogP contribution in [0.2, 0.25) is 5.02 Å². The van der Waals surface area contributed by atoms with E-state index in [9.17, 15) is 4.79 Å².